The normalized spacial score (nSPS) is 13.5. The van der Waals surface area contributed by atoms with Crippen LogP contribution in [0.1, 0.15) is 50.8 Å². The number of carbonyl (C=O) groups excluding carboxylic acids is 1. The molecule has 0 aromatic carbocycles. The molecule has 6 nitrogen and oxygen atoms in total. The van der Waals surface area contributed by atoms with Gasteiger partial charge in [0.25, 0.3) is 5.91 Å². The first-order chi connectivity index (χ1) is 10.1. The molecule has 1 aromatic heterocycles. The van der Waals surface area contributed by atoms with E-state index >= 15 is 0 Å². The number of amides is 1. The Morgan fingerprint density at radius 1 is 1.41 bits per heavy atom. The molecule has 0 aliphatic rings. The van der Waals surface area contributed by atoms with Gasteiger partial charge in [-0.2, -0.15) is 5.10 Å². The zero-order chi connectivity index (χ0) is 16.9. The number of hydrogen-bond acceptors (Lipinski definition) is 4. The lowest BCUT2D eigenvalue weighted by Crippen LogP contribution is -2.35. The number of ether oxygens (including phenoxy) is 1. The lowest BCUT2D eigenvalue weighted by Gasteiger charge is -2.21. The van der Waals surface area contributed by atoms with E-state index < -0.39 is 6.10 Å². The van der Waals surface area contributed by atoms with Gasteiger partial charge in [-0.15, -0.1) is 0 Å². The van der Waals surface area contributed by atoms with Gasteiger partial charge in [0.05, 0.1) is 18.2 Å². The van der Waals surface area contributed by atoms with Gasteiger partial charge in [0.2, 0.25) is 0 Å². The maximum Gasteiger partial charge on any atom is 0.271 e. The number of aliphatic hydroxyl groups is 1. The van der Waals surface area contributed by atoms with Gasteiger partial charge in [-0.25, -0.2) is 0 Å². The number of aromatic nitrogens is 2. The minimum Gasteiger partial charge on any atom is -0.389 e. The highest BCUT2D eigenvalue weighted by Crippen LogP contribution is 2.16. The van der Waals surface area contributed by atoms with E-state index in [-0.39, 0.29) is 24.6 Å². The first-order valence-corrected chi connectivity index (χ1v) is 7.72. The molecule has 0 radical (unpaired) electrons. The van der Waals surface area contributed by atoms with Crippen molar-refractivity contribution in [3.63, 3.8) is 0 Å². The molecule has 1 aromatic rings. The van der Waals surface area contributed by atoms with Crippen molar-refractivity contribution in [2.24, 2.45) is 5.92 Å². The average molecular weight is 311 g/mol. The fourth-order valence-electron chi connectivity index (χ4n) is 2.06. The predicted molar refractivity (Wildman–Crippen MR) is 86.0 cm³/mol. The molecule has 0 fully saturated rings. The van der Waals surface area contributed by atoms with Gasteiger partial charge in [-0.05, 0) is 39.7 Å². The van der Waals surface area contributed by atoms with E-state index in [9.17, 15) is 9.90 Å². The van der Waals surface area contributed by atoms with Crippen molar-refractivity contribution < 1.29 is 14.6 Å². The summed E-state index contributed by atoms with van der Waals surface area (Å²) in [4.78, 5) is 12.1. The highest BCUT2D eigenvalue weighted by molar-refractivity contribution is 5.92. The van der Waals surface area contributed by atoms with Gasteiger partial charge in [0.15, 0.2) is 0 Å². The minimum absolute atomic E-state index is 0.151. The molecule has 126 valence electrons. The smallest absolute Gasteiger partial charge is 0.271 e. The number of nitrogens with zero attached hydrogens (tertiary/aromatic N) is 2. The van der Waals surface area contributed by atoms with Gasteiger partial charge in [-0.1, -0.05) is 13.8 Å². The highest BCUT2D eigenvalue weighted by Gasteiger charge is 2.20. The number of aryl methyl sites for hydroxylation is 1. The average Bonchev–Trinajstić information content (AvgIpc) is 2.77. The topological polar surface area (TPSA) is 76.4 Å². The van der Waals surface area contributed by atoms with Crippen molar-refractivity contribution >= 4 is 5.91 Å². The van der Waals surface area contributed by atoms with Crippen LogP contribution in [0.3, 0.4) is 0 Å². The van der Waals surface area contributed by atoms with Crippen molar-refractivity contribution in [2.45, 2.75) is 53.2 Å². The lowest BCUT2D eigenvalue weighted by atomic mass is 10.1. The third kappa shape index (κ3) is 5.77. The first kappa shape index (κ1) is 18.6. The van der Waals surface area contributed by atoms with Gasteiger partial charge in [-0.3, -0.25) is 9.48 Å². The molecule has 1 rings (SSSR count). The molecule has 22 heavy (non-hydrogen) atoms. The summed E-state index contributed by atoms with van der Waals surface area (Å²) < 4.78 is 7.17. The molecule has 1 unspecified atom stereocenters. The summed E-state index contributed by atoms with van der Waals surface area (Å²) in [5, 5.41) is 16.8. The summed E-state index contributed by atoms with van der Waals surface area (Å²) in [6.07, 6.45) is -0.714. The van der Waals surface area contributed by atoms with Crippen LogP contribution >= 0.6 is 0 Å². The van der Waals surface area contributed by atoms with Crippen LogP contribution in [0.25, 0.3) is 0 Å². The largest absolute Gasteiger partial charge is 0.389 e. The number of aliphatic hydroxyl groups excluding tert-OH is 1. The summed E-state index contributed by atoms with van der Waals surface area (Å²) in [5.74, 6) is 0.139. The zero-order valence-corrected chi connectivity index (χ0v) is 14.5. The second-order valence-corrected chi connectivity index (χ2v) is 7.05. The highest BCUT2D eigenvalue weighted by atomic mass is 16.5. The van der Waals surface area contributed by atoms with Crippen molar-refractivity contribution in [1.29, 1.82) is 0 Å². The molecule has 0 saturated heterocycles. The third-order valence-electron chi connectivity index (χ3n) is 3.02. The summed E-state index contributed by atoms with van der Waals surface area (Å²) in [6.45, 7) is 13.1. The number of carbonyl (C=O) groups is 1. The van der Waals surface area contributed by atoms with Crippen LogP contribution in [0.2, 0.25) is 0 Å². The van der Waals surface area contributed by atoms with Crippen LogP contribution in [-0.2, 0) is 10.3 Å². The van der Waals surface area contributed by atoms with E-state index in [1.54, 1.807) is 6.07 Å². The maximum atomic E-state index is 12.1. The second-order valence-electron chi connectivity index (χ2n) is 7.05. The molecule has 0 bridgehead atoms. The minimum atomic E-state index is -0.714. The standard InChI is InChI=1S/C16H29N3O3/c1-11(2)9-22-10-13(20)8-17-15(21)14-7-12(3)19(18-14)16(4,5)6/h7,11,13,20H,8-10H2,1-6H3,(H,17,21). The van der Waals surface area contributed by atoms with Crippen molar-refractivity contribution in [3.8, 4) is 0 Å². The van der Waals surface area contributed by atoms with Gasteiger partial charge in [0, 0.05) is 18.8 Å². The molecular weight excluding hydrogens is 282 g/mol. The predicted octanol–water partition coefficient (Wildman–Crippen LogP) is 1.71. The third-order valence-corrected chi connectivity index (χ3v) is 3.02. The Morgan fingerprint density at radius 3 is 2.55 bits per heavy atom. The van der Waals surface area contributed by atoms with Crippen molar-refractivity contribution in [1.82, 2.24) is 15.1 Å². The molecule has 0 aliphatic carbocycles. The Labute approximate surface area is 132 Å². The van der Waals surface area contributed by atoms with Gasteiger partial charge >= 0.3 is 0 Å². The lowest BCUT2D eigenvalue weighted by molar-refractivity contribution is 0.0258. The molecule has 6 heteroatoms. The molecule has 1 atom stereocenters. The van der Waals surface area contributed by atoms with Crippen LogP contribution in [0.4, 0.5) is 0 Å². The Balaban J connectivity index is 2.49. The Kier molecular flexibility index (Phi) is 6.56. The van der Waals surface area contributed by atoms with E-state index in [1.165, 1.54) is 0 Å². The van der Waals surface area contributed by atoms with Crippen molar-refractivity contribution in [3.05, 3.63) is 17.5 Å². The van der Waals surface area contributed by atoms with Gasteiger partial charge < -0.3 is 15.2 Å². The van der Waals surface area contributed by atoms with Crippen LogP contribution in [-0.4, -0.2) is 46.7 Å². The van der Waals surface area contributed by atoms with Crippen LogP contribution in [0.5, 0.6) is 0 Å². The van der Waals surface area contributed by atoms with Crippen LogP contribution in [0, 0.1) is 12.8 Å². The van der Waals surface area contributed by atoms with E-state index in [0.717, 1.165) is 5.69 Å². The van der Waals surface area contributed by atoms with Gasteiger partial charge in [0.1, 0.15) is 5.69 Å². The number of rotatable bonds is 7. The summed E-state index contributed by atoms with van der Waals surface area (Å²) in [5.41, 5.74) is 1.12. The molecular formula is C16H29N3O3. The summed E-state index contributed by atoms with van der Waals surface area (Å²) in [7, 11) is 0. The Morgan fingerprint density at radius 2 is 2.05 bits per heavy atom. The van der Waals surface area contributed by atoms with E-state index in [0.29, 0.717) is 18.2 Å². The second kappa shape index (κ2) is 7.74. The fraction of sp³-hybridized carbons (Fsp3) is 0.750. The fourth-order valence-corrected chi connectivity index (χ4v) is 2.06. The van der Waals surface area contributed by atoms with E-state index in [4.69, 9.17) is 4.74 Å². The van der Waals surface area contributed by atoms with E-state index in [2.05, 4.69) is 10.4 Å². The molecule has 1 heterocycles. The van der Waals surface area contributed by atoms with Crippen LogP contribution < -0.4 is 5.32 Å². The molecule has 1 amide bonds. The molecule has 0 spiro atoms. The Hall–Kier alpha value is -1.40. The first-order valence-electron chi connectivity index (χ1n) is 7.72. The molecule has 2 N–H and O–H groups in total. The zero-order valence-electron chi connectivity index (χ0n) is 14.5. The number of nitrogens with one attached hydrogen (secondary N) is 1. The summed E-state index contributed by atoms with van der Waals surface area (Å²) >= 11 is 0. The quantitative estimate of drug-likeness (QED) is 0.804. The molecule has 0 saturated carbocycles. The van der Waals surface area contributed by atoms with E-state index in [1.807, 2.05) is 46.2 Å². The maximum absolute atomic E-state index is 12.1. The molecule has 0 aliphatic heterocycles. The SMILES string of the molecule is Cc1cc(C(=O)NCC(O)COCC(C)C)nn1C(C)(C)C. The number of hydrogen-bond donors (Lipinski definition) is 2. The van der Waals surface area contributed by atoms with Crippen LogP contribution in [0.15, 0.2) is 6.07 Å². The van der Waals surface area contributed by atoms with Crippen molar-refractivity contribution in [2.75, 3.05) is 19.8 Å². The summed E-state index contributed by atoms with van der Waals surface area (Å²) in [6, 6.07) is 1.75. The Bertz CT molecular complexity index is 489. The monoisotopic (exact) mass is 311 g/mol.